The van der Waals surface area contributed by atoms with Crippen LogP contribution in [0, 0.1) is 0 Å². The number of unbranched alkanes of at least 4 members (excludes halogenated alkanes) is 37. The predicted molar refractivity (Wildman–Crippen MR) is 344 cm³/mol. The molecular weight excluding hydrogens is 973 g/mol. The molecule has 0 heterocycles. The lowest BCUT2D eigenvalue weighted by Crippen LogP contribution is -2.30. The number of carbonyl (C=O) groups excluding carboxylic acids is 3. The molecule has 0 saturated carbocycles. The number of hydrogen-bond donors (Lipinski definition) is 0. The fourth-order valence-corrected chi connectivity index (χ4v) is 9.86. The van der Waals surface area contributed by atoms with E-state index in [4.69, 9.17) is 14.2 Å². The van der Waals surface area contributed by atoms with Crippen molar-refractivity contribution in [1.82, 2.24) is 0 Å². The third-order valence-corrected chi connectivity index (χ3v) is 14.9. The third-order valence-electron chi connectivity index (χ3n) is 14.9. The van der Waals surface area contributed by atoms with Gasteiger partial charge >= 0.3 is 17.9 Å². The Hall–Kier alpha value is -3.41. The molecule has 0 aromatic rings. The van der Waals surface area contributed by atoms with E-state index in [0.29, 0.717) is 19.3 Å². The second-order valence-corrected chi connectivity index (χ2v) is 22.7. The van der Waals surface area contributed by atoms with Gasteiger partial charge in [-0.1, -0.05) is 318 Å². The Morgan fingerprint density at radius 2 is 0.494 bits per heavy atom. The average Bonchev–Trinajstić information content (AvgIpc) is 3.45. The lowest BCUT2D eigenvalue weighted by molar-refractivity contribution is -0.167. The lowest BCUT2D eigenvalue weighted by atomic mass is 10.0. The van der Waals surface area contributed by atoms with Crippen LogP contribution < -0.4 is 0 Å². The fourth-order valence-electron chi connectivity index (χ4n) is 9.86. The molecule has 6 nitrogen and oxygen atoms in total. The summed E-state index contributed by atoms with van der Waals surface area (Å²) in [6.45, 7) is 6.44. The average molecular weight is 1100 g/mol. The van der Waals surface area contributed by atoms with Gasteiger partial charge in [0.25, 0.3) is 0 Å². The van der Waals surface area contributed by atoms with E-state index in [1.807, 2.05) is 0 Å². The Labute approximate surface area is 490 Å². The first-order chi connectivity index (χ1) is 39.0. The summed E-state index contributed by atoms with van der Waals surface area (Å²) in [5, 5.41) is 0. The van der Waals surface area contributed by atoms with Crippen molar-refractivity contribution in [2.24, 2.45) is 0 Å². The topological polar surface area (TPSA) is 78.9 Å². The van der Waals surface area contributed by atoms with Gasteiger partial charge in [0, 0.05) is 19.3 Å². The van der Waals surface area contributed by atoms with Crippen molar-refractivity contribution in [3.8, 4) is 0 Å². The smallest absolute Gasteiger partial charge is 0.306 e. The number of hydrogen-bond acceptors (Lipinski definition) is 6. The Morgan fingerprint density at radius 1 is 0.266 bits per heavy atom. The van der Waals surface area contributed by atoms with Gasteiger partial charge in [0.2, 0.25) is 0 Å². The SMILES string of the molecule is CC/C=C\C/C=C\C/C=C\C/C=C\CCCCCCCCCCCCCCCCC(=O)OCC(COC(=O)CCCCC/C=C\C/C=C\C/C=C\CC)OC(=O)CCCCCCCCCCCCCCCCCCCCCCC. The molecule has 0 aromatic heterocycles. The van der Waals surface area contributed by atoms with Crippen LogP contribution in [-0.2, 0) is 28.6 Å². The first-order valence-corrected chi connectivity index (χ1v) is 34.1. The van der Waals surface area contributed by atoms with Crippen molar-refractivity contribution in [3.63, 3.8) is 0 Å². The summed E-state index contributed by atoms with van der Waals surface area (Å²) in [6, 6.07) is 0. The molecule has 0 amide bonds. The van der Waals surface area contributed by atoms with Crippen LogP contribution in [0.5, 0.6) is 0 Å². The molecular formula is C73H128O6. The molecule has 456 valence electrons. The molecule has 0 rings (SSSR count). The van der Waals surface area contributed by atoms with Crippen LogP contribution in [0.4, 0.5) is 0 Å². The van der Waals surface area contributed by atoms with Crippen LogP contribution in [0.15, 0.2) is 85.1 Å². The highest BCUT2D eigenvalue weighted by atomic mass is 16.6. The van der Waals surface area contributed by atoms with Crippen LogP contribution in [0.1, 0.15) is 342 Å². The Balaban J connectivity index is 4.26. The van der Waals surface area contributed by atoms with Gasteiger partial charge in [-0.3, -0.25) is 14.4 Å². The summed E-state index contributed by atoms with van der Waals surface area (Å²) in [5.41, 5.74) is 0. The quantitative estimate of drug-likeness (QED) is 0.0261. The number of carbonyl (C=O) groups is 3. The standard InChI is InChI=1S/C73H128O6/c1-4-7-10-13-16-19-22-25-27-29-31-33-34-35-36-37-38-40-41-43-45-48-51-54-57-60-63-66-72(75)78-69-70(68-77-71(74)65-62-59-56-53-50-47-24-21-18-15-12-9-6-3)79-73(76)67-64-61-58-55-52-49-46-44-42-39-32-30-28-26-23-20-17-14-11-8-5-2/h7,9-10,12,16,18-19,21,25,27,31,33,47,50,70H,4-6,8,11,13-15,17,20,22-24,26,28-30,32,34-46,48-49,51-69H2,1-3H3/b10-7-,12-9-,19-16-,21-18-,27-25-,33-31-,50-47-. The van der Waals surface area contributed by atoms with E-state index >= 15 is 0 Å². The number of esters is 3. The maximum absolute atomic E-state index is 12.9. The van der Waals surface area contributed by atoms with E-state index in [9.17, 15) is 14.4 Å². The molecule has 79 heavy (non-hydrogen) atoms. The minimum Gasteiger partial charge on any atom is -0.462 e. The predicted octanol–water partition coefficient (Wildman–Crippen LogP) is 23.4. The maximum Gasteiger partial charge on any atom is 0.306 e. The molecule has 0 N–H and O–H groups in total. The van der Waals surface area contributed by atoms with E-state index in [0.717, 1.165) is 109 Å². The molecule has 0 radical (unpaired) electrons. The van der Waals surface area contributed by atoms with Gasteiger partial charge in [0.1, 0.15) is 13.2 Å². The van der Waals surface area contributed by atoms with Crippen LogP contribution in [0.25, 0.3) is 0 Å². The third kappa shape index (κ3) is 65.3. The molecule has 0 bridgehead atoms. The van der Waals surface area contributed by atoms with Crippen molar-refractivity contribution in [3.05, 3.63) is 85.1 Å². The number of ether oxygens (including phenoxy) is 3. The highest BCUT2D eigenvalue weighted by Gasteiger charge is 2.19. The molecule has 0 fully saturated rings. The molecule has 0 spiro atoms. The highest BCUT2D eigenvalue weighted by Crippen LogP contribution is 2.18. The first-order valence-electron chi connectivity index (χ1n) is 34.1. The van der Waals surface area contributed by atoms with Crippen molar-refractivity contribution in [2.45, 2.75) is 348 Å². The van der Waals surface area contributed by atoms with E-state index in [-0.39, 0.29) is 31.1 Å². The second kappa shape index (κ2) is 67.1. The van der Waals surface area contributed by atoms with Crippen molar-refractivity contribution < 1.29 is 28.6 Å². The van der Waals surface area contributed by atoms with Gasteiger partial charge in [0.15, 0.2) is 6.10 Å². The van der Waals surface area contributed by atoms with Gasteiger partial charge in [-0.2, -0.15) is 0 Å². The van der Waals surface area contributed by atoms with E-state index < -0.39 is 6.10 Å². The second-order valence-electron chi connectivity index (χ2n) is 22.7. The summed E-state index contributed by atoms with van der Waals surface area (Å²) in [6.07, 6.45) is 89.0. The first kappa shape index (κ1) is 75.6. The van der Waals surface area contributed by atoms with E-state index in [1.54, 1.807) is 0 Å². The summed E-state index contributed by atoms with van der Waals surface area (Å²) < 4.78 is 16.9. The Bertz CT molecular complexity index is 1500. The van der Waals surface area contributed by atoms with E-state index in [1.165, 1.54) is 193 Å². The van der Waals surface area contributed by atoms with Crippen LogP contribution in [0.2, 0.25) is 0 Å². The molecule has 0 aliphatic rings. The van der Waals surface area contributed by atoms with Crippen LogP contribution >= 0.6 is 0 Å². The zero-order valence-electron chi connectivity index (χ0n) is 52.4. The molecule has 0 aromatic carbocycles. The minimum atomic E-state index is -0.788. The molecule has 0 aliphatic heterocycles. The summed E-state index contributed by atoms with van der Waals surface area (Å²) in [4.78, 5) is 38.4. The molecule has 0 saturated heterocycles. The van der Waals surface area contributed by atoms with Gasteiger partial charge in [-0.05, 0) is 89.9 Å². The monoisotopic (exact) mass is 1100 g/mol. The van der Waals surface area contributed by atoms with Gasteiger partial charge < -0.3 is 14.2 Å². The van der Waals surface area contributed by atoms with Crippen LogP contribution in [-0.4, -0.2) is 37.2 Å². The van der Waals surface area contributed by atoms with Gasteiger partial charge in [-0.15, -0.1) is 0 Å². The van der Waals surface area contributed by atoms with Crippen molar-refractivity contribution in [2.75, 3.05) is 13.2 Å². The highest BCUT2D eigenvalue weighted by molar-refractivity contribution is 5.71. The fraction of sp³-hybridized carbons (Fsp3) is 0.767. The molecule has 1 unspecified atom stereocenters. The molecule has 0 aliphatic carbocycles. The zero-order valence-corrected chi connectivity index (χ0v) is 52.4. The van der Waals surface area contributed by atoms with Crippen LogP contribution in [0.3, 0.4) is 0 Å². The lowest BCUT2D eigenvalue weighted by Gasteiger charge is -2.18. The van der Waals surface area contributed by atoms with Crippen molar-refractivity contribution >= 4 is 17.9 Å². The number of allylic oxidation sites excluding steroid dienone is 14. The zero-order chi connectivity index (χ0) is 57.1. The summed E-state index contributed by atoms with van der Waals surface area (Å²) in [7, 11) is 0. The Morgan fingerprint density at radius 3 is 0.785 bits per heavy atom. The maximum atomic E-state index is 12.9. The summed E-state index contributed by atoms with van der Waals surface area (Å²) in [5.74, 6) is -0.895. The van der Waals surface area contributed by atoms with Gasteiger partial charge in [0.05, 0.1) is 0 Å². The molecule has 6 heteroatoms. The summed E-state index contributed by atoms with van der Waals surface area (Å²) >= 11 is 0. The van der Waals surface area contributed by atoms with Crippen molar-refractivity contribution in [1.29, 1.82) is 0 Å². The minimum absolute atomic E-state index is 0.0825. The molecule has 1 atom stereocenters. The normalized spacial score (nSPS) is 12.6. The van der Waals surface area contributed by atoms with E-state index in [2.05, 4.69) is 106 Å². The largest absolute Gasteiger partial charge is 0.462 e. The number of rotatable bonds is 62. The van der Waals surface area contributed by atoms with Gasteiger partial charge in [-0.25, -0.2) is 0 Å². The Kier molecular flexibility index (Phi) is 64.2.